The summed E-state index contributed by atoms with van der Waals surface area (Å²) in [5.74, 6) is -0.0211. The predicted molar refractivity (Wildman–Crippen MR) is 126 cm³/mol. The minimum absolute atomic E-state index is 0.00255. The standard InChI is InChI=1S/C27H36N2O2/c1-5-25(27(31)28-24-8-6-7-9-24)29(18-22-13-10-19(2)11-14-22)26(30)17-23-15-12-20(3)21(4)16-23/h10-16,24-25H,5-9,17-18H2,1-4H3,(H,28,31). The molecular weight excluding hydrogens is 384 g/mol. The van der Waals surface area contributed by atoms with Gasteiger partial charge in [-0.3, -0.25) is 9.59 Å². The van der Waals surface area contributed by atoms with E-state index in [4.69, 9.17) is 0 Å². The van der Waals surface area contributed by atoms with E-state index in [0.29, 0.717) is 19.4 Å². The van der Waals surface area contributed by atoms with Gasteiger partial charge in [0.15, 0.2) is 0 Å². The fourth-order valence-electron chi connectivity index (χ4n) is 4.37. The lowest BCUT2D eigenvalue weighted by atomic mass is 10.0. The Morgan fingerprint density at radius 2 is 1.61 bits per heavy atom. The number of hydrogen-bond donors (Lipinski definition) is 1. The maximum Gasteiger partial charge on any atom is 0.243 e. The monoisotopic (exact) mass is 420 g/mol. The molecule has 4 nitrogen and oxygen atoms in total. The highest BCUT2D eigenvalue weighted by Gasteiger charge is 2.30. The van der Waals surface area contributed by atoms with Crippen molar-refractivity contribution in [3.63, 3.8) is 0 Å². The molecule has 4 heteroatoms. The lowest BCUT2D eigenvalue weighted by Crippen LogP contribution is -2.51. The Kier molecular flexibility index (Phi) is 7.89. The van der Waals surface area contributed by atoms with E-state index in [9.17, 15) is 9.59 Å². The minimum atomic E-state index is -0.457. The average Bonchev–Trinajstić information content (AvgIpc) is 3.25. The molecule has 2 aromatic rings. The largest absolute Gasteiger partial charge is 0.352 e. The Balaban J connectivity index is 1.82. The zero-order valence-corrected chi connectivity index (χ0v) is 19.4. The van der Waals surface area contributed by atoms with Crippen LogP contribution >= 0.6 is 0 Å². The Morgan fingerprint density at radius 1 is 0.968 bits per heavy atom. The first kappa shape index (κ1) is 23.1. The maximum atomic E-state index is 13.5. The van der Waals surface area contributed by atoms with E-state index in [2.05, 4.69) is 50.4 Å². The van der Waals surface area contributed by atoms with Crippen molar-refractivity contribution in [1.29, 1.82) is 0 Å². The second kappa shape index (κ2) is 10.6. The number of nitrogens with zero attached hydrogens (tertiary/aromatic N) is 1. The Bertz CT molecular complexity index is 898. The fourth-order valence-corrected chi connectivity index (χ4v) is 4.37. The predicted octanol–water partition coefficient (Wildman–Crippen LogP) is 5.02. The topological polar surface area (TPSA) is 49.4 Å². The van der Waals surface area contributed by atoms with E-state index in [1.807, 2.05) is 25.1 Å². The van der Waals surface area contributed by atoms with Gasteiger partial charge in [-0.1, -0.05) is 67.8 Å². The molecule has 1 fully saturated rings. The van der Waals surface area contributed by atoms with Crippen molar-refractivity contribution in [3.05, 3.63) is 70.3 Å². The highest BCUT2D eigenvalue weighted by Crippen LogP contribution is 2.20. The molecule has 31 heavy (non-hydrogen) atoms. The van der Waals surface area contributed by atoms with Crippen molar-refractivity contribution in [2.45, 2.75) is 84.8 Å². The fraction of sp³-hybridized carbons (Fsp3) is 0.481. The molecule has 1 unspecified atom stereocenters. The number of nitrogens with one attached hydrogen (secondary N) is 1. The summed E-state index contributed by atoms with van der Waals surface area (Å²) in [6.45, 7) is 8.63. The molecule has 1 aliphatic rings. The number of carbonyl (C=O) groups is 2. The van der Waals surface area contributed by atoms with Crippen molar-refractivity contribution >= 4 is 11.8 Å². The number of aryl methyl sites for hydroxylation is 3. The molecule has 0 saturated heterocycles. The molecule has 0 heterocycles. The first-order valence-electron chi connectivity index (χ1n) is 11.6. The van der Waals surface area contributed by atoms with Gasteiger partial charge in [-0.05, 0) is 62.3 Å². The molecule has 3 rings (SSSR count). The van der Waals surface area contributed by atoms with Gasteiger partial charge in [0.05, 0.1) is 6.42 Å². The van der Waals surface area contributed by atoms with Crippen molar-refractivity contribution in [2.75, 3.05) is 0 Å². The Hall–Kier alpha value is -2.62. The number of hydrogen-bond acceptors (Lipinski definition) is 2. The third-order valence-corrected chi connectivity index (χ3v) is 6.49. The highest BCUT2D eigenvalue weighted by atomic mass is 16.2. The third-order valence-electron chi connectivity index (χ3n) is 6.49. The van der Waals surface area contributed by atoms with Crippen LogP contribution in [0.4, 0.5) is 0 Å². The summed E-state index contributed by atoms with van der Waals surface area (Å²) in [5, 5.41) is 3.21. The Labute approximate surface area is 187 Å². The van der Waals surface area contributed by atoms with E-state index in [0.717, 1.165) is 24.0 Å². The van der Waals surface area contributed by atoms with Gasteiger partial charge in [-0.2, -0.15) is 0 Å². The summed E-state index contributed by atoms with van der Waals surface area (Å²) in [4.78, 5) is 28.4. The molecule has 1 aliphatic carbocycles. The van der Waals surface area contributed by atoms with Crippen LogP contribution in [0.15, 0.2) is 42.5 Å². The average molecular weight is 421 g/mol. The van der Waals surface area contributed by atoms with Crippen LogP contribution in [0.1, 0.15) is 66.8 Å². The van der Waals surface area contributed by atoms with Crippen LogP contribution in [0, 0.1) is 20.8 Å². The molecule has 1 atom stereocenters. The van der Waals surface area contributed by atoms with Crippen molar-refractivity contribution in [2.24, 2.45) is 0 Å². The van der Waals surface area contributed by atoms with Gasteiger partial charge < -0.3 is 10.2 Å². The molecule has 0 aliphatic heterocycles. The van der Waals surface area contributed by atoms with Gasteiger partial charge in [0.2, 0.25) is 11.8 Å². The quantitative estimate of drug-likeness (QED) is 0.652. The minimum Gasteiger partial charge on any atom is -0.352 e. The lowest BCUT2D eigenvalue weighted by molar-refractivity contribution is -0.141. The van der Waals surface area contributed by atoms with E-state index in [-0.39, 0.29) is 17.9 Å². The highest BCUT2D eigenvalue weighted by molar-refractivity contribution is 5.88. The van der Waals surface area contributed by atoms with Crippen LogP contribution in [0.2, 0.25) is 0 Å². The zero-order valence-electron chi connectivity index (χ0n) is 19.4. The van der Waals surface area contributed by atoms with E-state index < -0.39 is 6.04 Å². The lowest BCUT2D eigenvalue weighted by Gasteiger charge is -2.31. The molecule has 0 radical (unpaired) electrons. The summed E-state index contributed by atoms with van der Waals surface area (Å²) in [6, 6.07) is 14.2. The number of carbonyl (C=O) groups excluding carboxylic acids is 2. The number of amides is 2. The maximum absolute atomic E-state index is 13.5. The molecule has 166 valence electrons. The molecule has 2 aromatic carbocycles. The molecule has 0 bridgehead atoms. The first-order chi connectivity index (χ1) is 14.9. The zero-order chi connectivity index (χ0) is 22.4. The van der Waals surface area contributed by atoms with Crippen LogP contribution in [0.3, 0.4) is 0 Å². The summed E-state index contributed by atoms with van der Waals surface area (Å²) >= 11 is 0. The van der Waals surface area contributed by atoms with Gasteiger partial charge in [0, 0.05) is 12.6 Å². The first-order valence-corrected chi connectivity index (χ1v) is 11.6. The van der Waals surface area contributed by atoms with Crippen molar-refractivity contribution < 1.29 is 9.59 Å². The van der Waals surface area contributed by atoms with Crippen LogP contribution in [0.5, 0.6) is 0 Å². The Morgan fingerprint density at radius 3 is 2.23 bits per heavy atom. The SMILES string of the molecule is CCC(C(=O)NC1CCCC1)N(Cc1ccc(C)cc1)C(=O)Cc1ccc(C)c(C)c1. The molecule has 0 aromatic heterocycles. The van der Waals surface area contributed by atoms with Crippen LogP contribution in [-0.2, 0) is 22.6 Å². The molecule has 2 amide bonds. The van der Waals surface area contributed by atoms with Gasteiger partial charge in [-0.25, -0.2) is 0 Å². The second-order valence-corrected chi connectivity index (χ2v) is 9.02. The summed E-state index contributed by atoms with van der Waals surface area (Å²) < 4.78 is 0. The van der Waals surface area contributed by atoms with Gasteiger partial charge in [0.25, 0.3) is 0 Å². The molecule has 1 saturated carbocycles. The summed E-state index contributed by atoms with van der Waals surface area (Å²) in [6.07, 6.45) is 5.32. The smallest absolute Gasteiger partial charge is 0.243 e. The normalized spacial score (nSPS) is 15.0. The van der Waals surface area contributed by atoms with Gasteiger partial charge >= 0.3 is 0 Å². The second-order valence-electron chi connectivity index (χ2n) is 9.02. The van der Waals surface area contributed by atoms with Gasteiger partial charge in [0.1, 0.15) is 6.04 Å². The number of rotatable bonds is 8. The molecule has 0 spiro atoms. The summed E-state index contributed by atoms with van der Waals surface area (Å²) in [5.41, 5.74) is 5.62. The van der Waals surface area contributed by atoms with Crippen LogP contribution in [0.25, 0.3) is 0 Å². The molecule has 1 N–H and O–H groups in total. The van der Waals surface area contributed by atoms with Gasteiger partial charge in [-0.15, -0.1) is 0 Å². The van der Waals surface area contributed by atoms with E-state index >= 15 is 0 Å². The van der Waals surface area contributed by atoms with Crippen molar-refractivity contribution in [1.82, 2.24) is 10.2 Å². The number of benzene rings is 2. The van der Waals surface area contributed by atoms with E-state index in [1.165, 1.54) is 29.5 Å². The third kappa shape index (κ3) is 6.19. The summed E-state index contributed by atoms with van der Waals surface area (Å²) in [7, 11) is 0. The van der Waals surface area contributed by atoms with Crippen molar-refractivity contribution in [3.8, 4) is 0 Å². The molecular formula is C27H36N2O2. The van der Waals surface area contributed by atoms with E-state index in [1.54, 1.807) is 4.90 Å². The van der Waals surface area contributed by atoms with Crippen LogP contribution in [-0.4, -0.2) is 28.8 Å². The van der Waals surface area contributed by atoms with Crippen LogP contribution < -0.4 is 5.32 Å².